The third-order valence-electron chi connectivity index (χ3n) is 0.652. The van der Waals surface area contributed by atoms with E-state index in [0.717, 1.165) is 0 Å². The van der Waals surface area contributed by atoms with Gasteiger partial charge in [-0.15, -0.1) is 0 Å². The summed E-state index contributed by atoms with van der Waals surface area (Å²) in [6.45, 7) is 12.3. The zero-order valence-electron chi connectivity index (χ0n) is 6.91. The Bertz CT molecular complexity index is 107. The molecule has 0 amide bonds. The molecule has 3 nitrogen and oxygen atoms in total. The van der Waals surface area contributed by atoms with E-state index in [1.807, 2.05) is 20.8 Å². The number of hydrogen-bond acceptors (Lipinski definition) is 3. The van der Waals surface area contributed by atoms with Crippen molar-refractivity contribution in [1.82, 2.24) is 0 Å². The number of rotatable bonds is 3. The molecule has 0 aromatic rings. The van der Waals surface area contributed by atoms with Gasteiger partial charge >= 0.3 is 0 Å². The molecule has 1 atom stereocenters. The van der Waals surface area contributed by atoms with Crippen molar-refractivity contribution in [2.45, 2.75) is 26.8 Å². The third kappa shape index (κ3) is 10.1. The summed E-state index contributed by atoms with van der Waals surface area (Å²) < 4.78 is 0. The molecule has 0 fully saturated rings. The monoisotopic (exact) mass is 141 g/mol. The minimum absolute atomic E-state index is 0.0421. The van der Waals surface area contributed by atoms with Crippen molar-refractivity contribution in [3.63, 3.8) is 0 Å². The van der Waals surface area contributed by atoms with Gasteiger partial charge in [-0.1, -0.05) is 13.8 Å². The molecule has 0 aliphatic rings. The first-order valence-electron chi connectivity index (χ1n) is 3.26. The Morgan fingerprint density at radius 1 is 1.30 bits per heavy atom. The standard InChI is InChI=1S/C5H9N3.C2H6/c1-5(6-2)4-8-7-3;1-2/h4-5H,2-3H2,1H3;1-2H3/b8-4-;. The summed E-state index contributed by atoms with van der Waals surface area (Å²) in [7, 11) is 0. The largest absolute Gasteiger partial charge is 0.292 e. The van der Waals surface area contributed by atoms with E-state index in [2.05, 4.69) is 28.6 Å². The quantitative estimate of drug-likeness (QED) is 0.424. The Morgan fingerprint density at radius 3 is 2.10 bits per heavy atom. The average Bonchev–Trinajstić information content (AvgIpc) is 2.04. The van der Waals surface area contributed by atoms with Gasteiger partial charge in [0, 0.05) is 6.72 Å². The highest BCUT2D eigenvalue weighted by Crippen LogP contribution is 1.80. The Labute approximate surface area is 62.6 Å². The lowest BCUT2D eigenvalue weighted by Gasteiger charge is -1.89. The summed E-state index contributed by atoms with van der Waals surface area (Å²) >= 11 is 0. The predicted octanol–water partition coefficient (Wildman–Crippen LogP) is 1.79. The maximum Gasteiger partial charge on any atom is 0.0833 e. The molecular weight excluding hydrogens is 126 g/mol. The molecule has 1 unspecified atom stereocenters. The van der Waals surface area contributed by atoms with Crippen molar-refractivity contribution in [2.75, 3.05) is 0 Å². The second kappa shape index (κ2) is 10.9. The van der Waals surface area contributed by atoms with E-state index in [0.29, 0.717) is 0 Å². The van der Waals surface area contributed by atoms with E-state index in [9.17, 15) is 0 Å². The molecule has 0 aliphatic heterocycles. The molecule has 0 saturated heterocycles. The normalized spacial score (nSPS) is 11.5. The molecule has 0 spiro atoms. The fourth-order valence-corrected chi connectivity index (χ4v) is 0.191. The molecule has 0 aromatic carbocycles. The molecule has 0 saturated carbocycles. The highest BCUT2D eigenvalue weighted by atomic mass is 15.2. The van der Waals surface area contributed by atoms with Crippen molar-refractivity contribution in [3.8, 4) is 0 Å². The molecule has 0 rings (SSSR count). The Kier molecular flexibility index (Phi) is 12.8. The molecule has 0 heterocycles. The highest BCUT2D eigenvalue weighted by Gasteiger charge is 1.85. The second-order valence-corrected chi connectivity index (χ2v) is 1.33. The summed E-state index contributed by atoms with van der Waals surface area (Å²) in [5, 5.41) is 6.75. The fourth-order valence-electron chi connectivity index (χ4n) is 0.191. The van der Waals surface area contributed by atoms with Gasteiger partial charge in [-0.2, -0.15) is 10.2 Å². The molecule has 10 heavy (non-hydrogen) atoms. The van der Waals surface area contributed by atoms with Gasteiger partial charge in [-0.25, -0.2) is 0 Å². The maximum absolute atomic E-state index is 3.64. The molecule has 0 aromatic heterocycles. The minimum atomic E-state index is 0.0421. The van der Waals surface area contributed by atoms with Crippen LogP contribution in [0, 0.1) is 0 Å². The topological polar surface area (TPSA) is 37.1 Å². The molecule has 58 valence electrons. The molecule has 3 heteroatoms. The SMILES string of the molecule is C=N/N=C\C(C)N=C.CC. The molecule has 0 bridgehead atoms. The van der Waals surface area contributed by atoms with Crippen molar-refractivity contribution in [1.29, 1.82) is 0 Å². The van der Waals surface area contributed by atoms with Crippen molar-refractivity contribution in [3.05, 3.63) is 0 Å². The van der Waals surface area contributed by atoms with Gasteiger partial charge in [0.15, 0.2) is 0 Å². The first-order valence-corrected chi connectivity index (χ1v) is 3.26. The van der Waals surface area contributed by atoms with E-state index < -0.39 is 0 Å². The molecule has 0 radical (unpaired) electrons. The lowest BCUT2D eigenvalue weighted by molar-refractivity contribution is 0.997. The Morgan fingerprint density at radius 2 is 1.80 bits per heavy atom. The van der Waals surface area contributed by atoms with E-state index in [1.165, 1.54) is 0 Å². The average molecular weight is 141 g/mol. The van der Waals surface area contributed by atoms with Gasteiger partial charge in [0.2, 0.25) is 0 Å². The van der Waals surface area contributed by atoms with Gasteiger partial charge < -0.3 is 0 Å². The van der Waals surface area contributed by atoms with E-state index in [1.54, 1.807) is 6.21 Å². The van der Waals surface area contributed by atoms with Crippen molar-refractivity contribution in [2.24, 2.45) is 15.2 Å². The van der Waals surface area contributed by atoms with Gasteiger partial charge in [0.25, 0.3) is 0 Å². The summed E-state index contributed by atoms with van der Waals surface area (Å²) in [5.41, 5.74) is 0. The van der Waals surface area contributed by atoms with Crippen LogP contribution in [0.4, 0.5) is 0 Å². The lowest BCUT2D eigenvalue weighted by atomic mass is 10.4. The van der Waals surface area contributed by atoms with Crippen LogP contribution in [0.1, 0.15) is 20.8 Å². The number of hydrogen-bond donors (Lipinski definition) is 0. The maximum atomic E-state index is 3.64. The van der Waals surface area contributed by atoms with Crippen LogP contribution < -0.4 is 0 Å². The molecule has 0 aliphatic carbocycles. The van der Waals surface area contributed by atoms with Crippen LogP contribution in [0.3, 0.4) is 0 Å². The van der Waals surface area contributed by atoms with Crippen molar-refractivity contribution >= 4 is 19.6 Å². The van der Waals surface area contributed by atoms with E-state index in [-0.39, 0.29) is 6.04 Å². The van der Waals surface area contributed by atoms with Crippen LogP contribution >= 0.6 is 0 Å². The van der Waals surface area contributed by atoms with Crippen LogP contribution in [-0.2, 0) is 0 Å². The zero-order chi connectivity index (χ0) is 8.41. The predicted molar refractivity (Wildman–Crippen MR) is 48.4 cm³/mol. The van der Waals surface area contributed by atoms with Gasteiger partial charge in [0.05, 0.1) is 12.3 Å². The van der Waals surface area contributed by atoms with Crippen LogP contribution in [0.15, 0.2) is 15.2 Å². The summed E-state index contributed by atoms with van der Waals surface area (Å²) in [4.78, 5) is 3.64. The van der Waals surface area contributed by atoms with Crippen LogP contribution in [0.25, 0.3) is 0 Å². The van der Waals surface area contributed by atoms with Crippen LogP contribution in [0.5, 0.6) is 0 Å². The van der Waals surface area contributed by atoms with Gasteiger partial charge in [0.1, 0.15) is 0 Å². The van der Waals surface area contributed by atoms with E-state index in [4.69, 9.17) is 0 Å². The van der Waals surface area contributed by atoms with Crippen molar-refractivity contribution < 1.29 is 0 Å². The minimum Gasteiger partial charge on any atom is -0.292 e. The zero-order valence-corrected chi connectivity index (χ0v) is 6.91. The van der Waals surface area contributed by atoms with Gasteiger partial charge in [-0.3, -0.25) is 4.99 Å². The fraction of sp³-hybridized carbons (Fsp3) is 0.571. The molecule has 0 N–H and O–H groups in total. The third-order valence-corrected chi connectivity index (χ3v) is 0.652. The van der Waals surface area contributed by atoms with E-state index >= 15 is 0 Å². The first-order chi connectivity index (χ1) is 4.81. The lowest BCUT2D eigenvalue weighted by Crippen LogP contribution is -1.96. The Hall–Kier alpha value is -0.990. The highest BCUT2D eigenvalue weighted by molar-refractivity contribution is 5.65. The smallest absolute Gasteiger partial charge is 0.0833 e. The van der Waals surface area contributed by atoms with Gasteiger partial charge in [-0.05, 0) is 13.6 Å². The number of nitrogens with zero attached hydrogens (tertiary/aromatic N) is 3. The summed E-state index contributed by atoms with van der Waals surface area (Å²) in [6, 6.07) is 0.0421. The first kappa shape index (κ1) is 11.8. The van der Waals surface area contributed by atoms with Crippen LogP contribution in [0.2, 0.25) is 0 Å². The summed E-state index contributed by atoms with van der Waals surface area (Å²) in [5.74, 6) is 0. The van der Waals surface area contributed by atoms with Crippen LogP contribution in [-0.4, -0.2) is 25.7 Å². The summed E-state index contributed by atoms with van der Waals surface area (Å²) in [6.07, 6.45) is 1.57. The second-order valence-electron chi connectivity index (χ2n) is 1.33. The molecular formula is C7H15N3. The Balaban J connectivity index is 0. The number of aliphatic imine (C=N–C) groups is 1.